The van der Waals surface area contributed by atoms with Crippen molar-refractivity contribution >= 4 is 22.0 Å². The average Bonchev–Trinajstić information content (AvgIpc) is 2.36. The molecule has 0 radical (unpaired) electrons. The first-order valence-corrected chi connectivity index (χ1v) is 4.20. The predicted molar refractivity (Wildman–Crippen MR) is 43.1 cm³/mol. The highest BCUT2D eigenvalue weighted by molar-refractivity contribution is 9.09. The normalized spacial score (nSPS) is 9.91. The van der Waals surface area contributed by atoms with E-state index in [9.17, 15) is 4.79 Å². The lowest BCUT2D eigenvalue weighted by Crippen LogP contribution is -2.13. The second kappa shape index (κ2) is 3.52. The average molecular weight is 219 g/mol. The number of nitrogens with zero attached hydrogens (tertiary/aromatic N) is 2. The van der Waals surface area contributed by atoms with Gasteiger partial charge in [-0.05, 0) is 12.5 Å². The van der Waals surface area contributed by atoms with Crippen LogP contribution in [0.2, 0.25) is 0 Å². The third-order valence-corrected chi connectivity index (χ3v) is 1.65. The highest BCUT2D eigenvalue weighted by Crippen LogP contribution is 2.01. The zero-order chi connectivity index (χ0) is 8.27. The molecule has 0 saturated carbocycles. The fourth-order valence-corrected chi connectivity index (χ4v) is 1.20. The third kappa shape index (κ3) is 1.80. The number of hydrogen-bond acceptors (Lipinski definition) is 2. The highest BCUT2D eigenvalue weighted by Gasteiger charge is 2.06. The smallest absolute Gasteiger partial charge is 0.432 e. The molecule has 60 valence electrons. The van der Waals surface area contributed by atoms with Crippen LogP contribution in [0.4, 0.5) is 4.79 Å². The molecule has 1 aromatic heterocycles. The van der Waals surface area contributed by atoms with Crippen LogP contribution in [0.25, 0.3) is 0 Å². The van der Waals surface area contributed by atoms with E-state index >= 15 is 0 Å². The van der Waals surface area contributed by atoms with E-state index in [4.69, 9.17) is 5.11 Å². The van der Waals surface area contributed by atoms with Crippen molar-refractivity contribution in [3.63, 3.8) is 0 Å². The summed E-state index contributed by atoms with van der Waals surface area (Å²) in [5, 5.41) is 12.9. The third-order valence-electron chi connectivity index (χ3n) is 1.25. The number of alkyl halides is 1. The van der Waals surface area contributed by atoms with E-state index in [1.54, 1.807) is 6.07 Å². The van der Waals surface area contributed by atoms with Gasteiger partial charge in [-0.25, -0.2) is 4.79 Å². The zero-order valence-corrected chi connectivity index (χ0v) is 7.28. The Morgan fingerprint density at radius 2 is 2.55 bits per heavy atom. The Balaban J connectivity index is 2.87. The maximum Gasteiger partial charge on any atom is 0.432 e. The van der Waals surface area contributed by atoms with Crippen LogP contribution in [0.3, 0.4) is 0 Å². The van der Waals surface area contributed by atoms with Gasteiger partial charge in [0, 0.05) is 11.5 Å². The molecule has 0 unspecified atom stereocenters. The maximum absolute atomic E-state index is 10.4. The molecule has 1 N–H and O–H groups in total. The topological polar surface area (TPSA) is 55.1 Å². The first kappa shape index (κ1) is 8.26. The largest absolute Gasteiger partial charge is 0.463 e. The van der Waals surface area contributed by atoms with Crippen LogP contribution in [0.1, 0.15) is 5.69 Å². The van der Waals surface area contributed by atoms with E-state index in [2.05, 4.69) is 21.0 Å². The van der Waals surface area contributed by atoms with Gasteiger partial charge in [-0.2, -0.15) is 9.78 Å². The summed E-state index contributed by atoms with van der Waals surface area (Å²) in [4.78, 5) is 10.4. The molecular formula is C6H7BrN2O2. The summed E-state index contributed by atoms with van der Waals surface area (Å²) >= 11 is 3.22. The van der Waals surface area contributed by atoms with Gasteiger partial charge in [-0.3, -0.25) is 0 Å². The van der Waals surface area contributed by atoms with Crippen molar-refractivity contribution in [2.75, 3.05) is 5.33 Å². The number of carboxylic acid groups (broad SMARTS) is 1. The number of carbonyl (C=O) groups is 1. The van der Waals surface area contributed by atoms with Crippen molar-refractivity contribution in [1.82, 2.24) is 9.78 Å². The van der Waals surface area contributed by atoms with Crippen LogP contribution >= 0.6 is 15.9 Å². The van der Waals surface area contributed by atoms with Crippen LogP contribution in [-0.4, -0.2) is 26.3 Å². The van der Waals surface area contributed by atoms with E-state index in [0.717, 1.165) is 10.0 Å². The Morgan fingerprint density at radius 3 is 3.09 bits per heavy atom. The molecule has 5 heteroatoms. The van der Waals surface area contributed by atoms with E-state index in [1.165, 1.54) is 6.20 Å². The van der Waals surface area contributed by atoms with Gasteiger partial charge >= 0.3 is 6.09 Å². The minimum Gasteiger partial charge on any atom is -0.463 e. The molecule has 0 bridgehead atoms. The van der Waals surface area contributed by atoms with Crippen molar-refractivity contribution in [1.29, 1.82) is 0 Å². The Morgan fingerprint density at radius 1 is 1.82 bits per heavy atom. The van der Waals surface area contributed by atoms with Crippen LogP contribution in [0, 0.1) is 0 Å². The van der Waals surface area contributed by atoms with Gasteiger partial charge in [0.1, 0.15) is 0 Å². The Kier molecular flexibility index (Phi) is 2.64. The number of halogens is 1. The van der Waals surface area contributed by atoms with Gasteiger partial charge in [0.25, 0.3) is 0 Å². The molecule has 0 aliphatic heterocycles. The molecular weight excluding hydrogens is 212 g/mol. The molecule has 0 spiro atoms. The van der Waals surface area contributed by atoms with Gasteiger partial charge in [0.2, 0.25) is 0 Å². The van der Waals surface area contributed by atoms with Crippen molar-refractivity contribution in [2.24, 2.45) is 0 Å². The number of aryl methyl sites for hydroxylation is 1. The summed E-state index contributed by atoms with van der Waals surface area (Å²) in [5.74, 6) is 0. The number of hydrogen-bond donors (Lipinski definition) is 1. The SMILES string of the molecule is O=C(O)n1nccc1CCBr. The first-order valence-electron chi connectivity index (χ1n) is 3.08. The second-order valence-electron chi connectivity index (χ2n) is 1.96. The van der Waals surface area contributed by atoms with Gasteiger partial charge in [-0.1, -0.05) is 15.9 Å². The van der Waals surface area contributed by atoms with Crippen LogP contribution in [0.5, 0.6) is 0 Å². The standard InChI is InChI=1S/C6H7BrN2O2/c7-3-1-5-2-4-8-9(5)6(10)11/h2,4H,1,3H2,(H,10,11). The minimum absolute atomic E-state index is 0.673. The van der Waals surface area contributed by atoms with Crippen LogP contribution in [0.15, 0.2) is 12.3 Å². The lowest BCUT2D eigenvalue weighted by Gasteiger charge is -1.97. The highest BCUT2D eigenvalue weighted by atomic mass is 79.9. The monoisotopic (exact) mass is 218 g/mol. The van der Waals surface area contributed by atoms with Crippen molar-refractivity contribution in [3.8, 4) is 0 Å². The Hall–Kier alpha value is -0.840. The molecule has 0 aliphatic rings. The molecule has 0 atom stereocenters. The Bertz CT molecular complexity index is 259. The van der Waals surface area contributed by atoms with E-state index in [1.807, 2.05) is 0 Å². The fraction of sp³-hybridized carbons (Fsp3) is 0.333. The molecule has 1 heterocycles. The molecule has 0 amide bonds. The zero-order valence-electron chi connectivity index (χ0n) is 5.70. The van der Waals surface area contributed by atoms with Crippen molar-refractivity contribution in [2.45, 2.75) is 6.42 Å². The Labute approximate surface area is 72.0 Å². The molecule has 11 heavy (non-hydrogen) atoms. The maximum atomic E-state index is 10.4. The van der Waals surface area contributed by atoms with Gasteiger partial charge in [-0.15, -0.1) is 0 Å². The second-order valence-corrected chi connectivity index (χ2v) is 2.75. The summed E-state index contributed by atoms with van der Waals surface area (Å²) in [5.41, 5.74) is 0.703. The van der Waals surface area contributed by atoms with Crippen molar-refractivity contribution in [3.05, 3.63) is 18.0 Å². The quantitative estimate of drug-likeness (QED) is 0.763. The summed E-state index contributed by atoms with van der Waals surface area (Å²) in [6.45, 7) is 0. The van der Waals surface area contributed by atoms with Crippen molar-refractivity contribution < 1.29 is 9.90 Å². The molecule has 0 fully saturated rings. The van der Waals surface area contributed by atoms with Gasteiger partial charge < -0.3 is 5.11 Å². The van der Waals surface area contributed by atoms with Crippen LogP contribution < -0.4 is 0 Å². The molecule has 1 aromatic rings. The summed E-state index contributed by atoms with van der Waals surface area (Å²) in [7, 11) is 0. The number of rotatable bonds is 2. The van der Waals surface area contributed by atoms with Gasteiger partial charge in [0.15, 0.2) is 0 Å². The summed E-state index contributed by atoms with van der Waals surface area (Å²) < 4.78 is 0.973. The molecule has 1 rings (SSSR count). The summed E-state index contributed by atoms with van der Waals surface area (Å²) in [6.07, 6.45) is 1.12. The number of aromatic nitrogens is 2. The fourth-order valence-electron chi connectivity index (χ4n) is 0.789. The molecule has 0 aromatic carbocycles. The minimum atomic E-state index is -1.04. The van der Waals surface area contributed by atoms with Crippen LogP contribution in [-0.2, 0) is 6.42 Å². The predicted octanol–water partition coefficient (Wildman–Crippen LogP) is 1.35. The lowest BCUT2D eigenvalue weighted by atomic mass is 10.3. The van der Waals surface area contributed by atoms with E-state index in [0.29, 0.717) is 12.1 Å². The van der Waals surface area contributed by atoms with Gasteiger partial charge in [0.05, 0.1) is 5.69 Å². The first-order chi connectivity index (χ1) is 5.25. The molecule has 4 nitrogen and oxygen atoms in total. The lowest BCUT2D eigenvalue weighted by molar-refractivity contribution is 0.192. The van der Waals surface area contributed by atoms with E-state index in [-0.39, 0.29) is 0 Å². The van der Waals surface area contributed by atoms with E-state index < -0.39 is 6.09 Å². The summed E-state index contributed by atoms with van der Waals surface area (Å²) in [6, 6.07) is 1.69. The molecule has 0 saturated heterocycles. The molecule has 0 aliphatic carbocycles.